The molecule has 188 valence electrons. The average molecular weight is 512 g/mol. The Morgan fingerprint density at radius 3 is 2.42 bits per heavy atom. The SMILES string of the molecule is C=CCn1c(SCC(=O)Nc2ccc(C(=O)OCC)cc2)nnc1[C@@H](C)NC(=O)c1ccc(F)cc1. The zero-order chi connectivity index (χ0) is 26.1. The van der Waals surface area contributed by atoms with Gasteiger partial charge in [0, 0.05) is 17.8 Å². The minimum Gasteiger partial charge on any atom is -0.462 e. The van der Waals surface area contributed by atoms with E-state index >= 15 is 0 Å². The molecule has 0 saturated carbocycles. The van der Waals surface area contributed by atoms with Gasteiger partial charge in [-0.15, -0.1) is 16.8 Å². The molecule has 0 saturated heterocycles. The number of halogens is 1. The first-order chi connectivity index (χ1) is 17.3. The molecule has 1 heterocycles. The number of thioether (sulfide) groups is 1. The molecule has 1 aromatic heterocycles. The molecule has 1 atom stereocenters. The predicted molar refractivity (Wildman–Crippen MR) is 134 cm³/mol. The number of hydrogen-bond donors (Lipinski definition) is 2. The van der Waals surface area contributed by atoms with Gasteiger partial charge in [0.25, 0.3) is 5.91 Å². The van der Waals surface area contributed by atoms with Gasteiger partial charge in [0.15, 0.2) is 11.0 Å². The van der Waals surface area contributed by atoms with Crippen LogP contribution in [0.25, 0.3) is 0 Å². The number of hydrogen-bond acceptors (Lipinski definition) is 7. The molecule has 0 bridgehead atoms. The molecule has 3 rings (SSSR count). The van der Waals surface area contributed by atoms with Crippen molar-refractivity contribution in [1.82, 2.24) is 20.1 Å². The first-order valence-electron chi connectivity index (χ1n) is 11.1. The third-order valence-electron chi connectivity index (χ3n) is 4.91. The van der Waals surface area contributed by atoms with E-state index in [9.17, 15) is 18.8 Å². The quantitative estimate of drug-likeness (QED) is 0.227. The lowest BCUT2D eigenvalue weighted by Crippen LogP contribution is -2.28. The van der Waals surface area contributed by atoms with E-state index in [0.29, 0.717) is 34.3 Å². The highest BCUT2D eigenvalue weighted by atomic mass is 32.2. The Labute approximate surface area is 212 Å². The lowest BCUT2D eigenvalue weighted by molar-refractivity contribution is -0.113. The van der Waals surface area contributed by atoms with Gasteiger partial charge >= 0.3 is 5.97 Å². The Bertz CT molecular complexity index is 1230. The zero-order valence-corrected chi connectivity index (χ0v) is 20.7. The molecule has 0 radical (unpaired) electrons. The van der Waals surface area contributed by atoms with Crippen LogP contribution in [0.5, 0.6) is 0 Å². The normalized spacial score (nSPS) is 11.4. The highest BCUT2D eigenvalue weighted by molar-refractivity contribution is 7.99. The van der Waals surface area contributed by atoms with Gasteiger partial charge < -0.3 is 19.9 Å². The monoisotopic (exact) mass is 511 g/mol. The first kappa shape index (κ1) is 26.6. The predicted octanol–water partition coefficient (Wildman–Crippen LogP) is 4.00. The fourth-order valence-corrected chi connectivity index (χ4v) is 3.96. The summed E-state index contributed by atoms with van der Waals surface area (Å²) in [7, 11) is 0. The molecule has 2 aromatic carbocycles. The van der Waals surface area contributed by atoms with Crippen LogP contribution in [0.3, 0.4) is 0 Å². The minimum absolute atomic E-state index is 0.0607. The maximum Gasteiger partial charge on any atom is 0.338 e. The van der Waals surface area contributed by atoms with Gasteiger partial charge in [-0.1, -0.05) is 17.8 Å². The standard InChI is InChI=1S/C25H26FN5O4S/c1-4-14-31-22(16(3)27-23(33)17-6-10-19(26)11-7-17)29-30-25(31)36-15-21(32)28-20-12-8-18(9-13-20)24(34)35-5-2/h4,6-13,16H,1,5,14-15H2,2-3H3,(H,27,33)(H,28,32)/t16-/m1/s1. The third-order valence-corrected chi connectivity index (χ3v) is 5.88. The second-order valence-corrected chi connectivity index (χ2v) is 8.52. The van der Waals surface area contributed by atoms with Gasteiger partial charge in [-0.3, -0.25) is 9.59 Å². The minimum atomic E-state index is -0.504. The van der Waals surface area contributed by atoms with Crippen LogP contribution in [0.4, 0.5) is 10.1 Å². The van der Waals surface area contributed by atoms with Crippen molar-refractivity contribution in [2.24, 2.45) is 0 Å². The van der Waals surface area contributed by atoms with E-state index in [1.54, 1.807) is 48.8 Å². The van der Waals surface area contributed by atoms with Gasteiger partial charge in [0.2, 0.25) is 5.91 Å². The molecular formula is C25H26FN5O4S. The van der Waals surface area contributed by atoms with Crippen LogP contribution in [-0.2, 0) is 16.1 Å². The molecule has 9 nitrogen and oxygen atoms in total. The van der Waals surface area contributed by atoms with Crippen molar-refractivity contribution in [2.75, 3.05) is 17.7 Å². The largest absolute Gasteiger partial charge is 0.462 e. The molecule has 0 fully saturated rings. The number of nitrogens with zero attached hydrogens (tertiary/aromatic N) is 3. The molecule has 0 aliphatic rings. The summed E-state index contributed by atoms with van der Waals surface area (Å²) < 4.78 is 19.8. The van der Waals surface area contributed by atoms with E-state index < -0.39 is 17.8 Å². The molecule has 0 unspecified atom stereocenters. The molecular weight excluding hydrogens is 485 g/mol. The number of aromatic nitrogens is 3. The molecule has 0 spiro atoms. The van der Waals surface area contributed by atoms with Crippen LogP contribution in [0, 0.1) is 5.82 Å². The van der Waals surface area contributed by atoms with Crippen LogP contribution in [0.15, 0.2) is 66.3 Å². The first-order valence-corrected chi connectivity index (χ1v) is 12.1. The summed E-state index contributed by atoms with van der Waals surface area (Å²) in [6.07, 6.45) is 1.66. The Kier molecular flexibility index (Phi) is 9.34. The van der Waals surface area contributed by atoms with E-state index in [-0.39, 0.29) is 24.2 Å². The van der Waals surface area contributed by atoms with E-state index in [2.05, 4.69) is 27.4 Å². The lowest BCUT2D eigenvalue weighted by Gasteiger charge is -2.15. The smallest absolute Gasteiger partial charge is 0.338 e. The maximum absolute atomic E-state index is 13.1. The van der Waals surface area contributed by atoms with Crippen LogP contribution >= 0.6 is 11.8 Å². The maximum atomic E-state index is 13.1. The van der Waals surface area contributed by atoms with E-state index in [1.807, 2.05) is 0 Å². The molecule has 36 heavy (non-hydrogen) atoms. The Balaban J connectivity index is 1.61. The number of nitrogens with one attached hydrogen (secondary N) is 2. The van der Waals surface area contributed by atoms with Crippen LogP contribution in [0.2, 0.25) is 0 Å². The van der Waals surface area contributed by atoms with E-state index in [1.165, 1.54) is 36.0 Å². The topological polar surface area (TPSA) is 115 Å². The Hall–Kier alpha value is -3.99. The summed E-state index contributed by atoms with van der Waals surface area (Å²) in [5.74, 6) is -0.945. The zero-order valence-electron chi connectivity index (χ0n) is 19.9. The van der Waals surface area contributed by atoms with Crippen molar-refractivity contribution in [3.63, 3.8) is 0 Å². The molecule has 3 aromatic rings. The van der Waals surface area contributed by atoms with Crippen molar-refractivity contribution >= 4 is 35.2 Å². The summed E-state index contributed by atoms with van der Waals surface area (Å²) in [4.78, 5) is 36.7. The van der Waals surface area contributed by atoms with Crippen molar-refractivity contribution in [1.29, 1.82) is 0 Å². The van der Waals surface area contributed by atoms with Crippen LogP contribution < -0.4 is 10.6 Å². The third kappa shape index (κ3) is 7.01. The molecule has 0 aliphatic carbocycles. The number of amides is 2. The summed E-state index contributed by atoms with van der Waals surface area (Å²) in [6.45, 7) is 7.90. The van der Waals surface area contributed by atoms with Crippen molar-refractivity contribution in [3.05, 3.63) is 84.0 Å². The molecule has 0 aliphatic heterocycles. The van der Waals surface area contributed by atoms with Gasteiger partial charge in [0.1, 0.15) is 5.82 Å². The highest BCUT2D eigenvalue weighted by Crippen LogP contribution is 2.22. The molecule has 2 N–H and O–H groups in total. The fourth-order valence-electron chi connectivity index (χ4n) is 3.20. The van der Waals surface area contributed by atoms with Crippen molar-refractivity contribution in [3.8, 4) is 0 Å². The molecule has 11 heteroatoms. The van der Waals surface area contributed by atoms with Crippen LogP contribution in [-0.4, -0.2) is 44.9 Å². The number of esters is 1. The number of carbonyl (C=O) groups is 3. The number of rotatable bonds is 11. The van der Waals surface area contributed by atoms with Gasteiger partial charge in [-0.2, -0.15) is 0 Å². The number of anilines is 1. The van der Waals surface area contributed by atoms with Crippen molar-refractivity contribution < 1.29 is 23.5 Å². The van der Waals surface area contributed by atoms with Gasteiger partial charge in [-0.05, 0) is 62.4 Å². The van der Waals surface area contributed by atoms with E-state index in [0.717, 1.165) is 0 Å². The number of allylic oxidation sites excluding steroid dienone is 1. The van der Waals surface area contributed by atoms with Crippen molar-refractivity contribution in [2.45, 2.75) is 31.6 Å². The molecule has 2 amide bonds. The average Bonchev–Trinajstić information content (AvgIpc) is 3.26. The highest BCUT2D eigenvalue weighted by Gasteiger charge is 2.20. The fraction of sp³-hybridized carbons (Fsp3) is 0.240. The second-order valence-electron chi connectivity index (χ2n) is 7.58. The van der Waals surface area contributed by atoms with E-state index in [4.69, 9.17) is 4.74 Å². The Morgan fingerprint density at radius 1 is 1.11 bits per heavy atom. The van der Waals surface area contributed by atoms with Gasteiger partial charge in [0.05, 0.1) is 24.0 Å². The summed E-state index contributed by atoms with van der Waals surface area (Å²) in [6, 6.07) is 11.1. The number of benzene rings is 2. The lowest BCUT2D eigenvalue weighted by atomic mass is 10.2. The second kappa shape index (κ2) is 12.6. The summed E-state index contributed by atoms with van der Waals surface area (Å²) >= 11 is 1.19. The number of carbonyl (C=O) groups excluding carboxylic acids is 3. The Morgan fingerprint density at radius 2 is 1.78 bits per heavy atom. The van der Waals surface area contributed by atoms with Crippen LogP contribution in [0.1, 0.15) is 46.4 Å². The summed E-state index contributed by atoms with van der Waals surface area (Å²) in [5.41, 5.74) is 1.26. The summed E-state index contributed by atoms with van der Waals surface area (Å²) in [5, 5.41) is 14.4. The number of ether oxygens (including phenoxy) is 1. The van der Waals surface area contributed by atoms with Gasteiger partial charge in [-0.25, -0.2) is 9.18 Å².